The lowest BCUT2D eigenvalue weighted by Gasteiger charge is -2.14. The molecular formula is C17H15ClO3. The van der Waals surface area contributed by atoms with Gasteiger partial charge in [0.2, 0.25) is 12.0 Å². The Morgan fingerprint density at radius 1 is 1.19 bits per heavy atom. The SMILES string of the molecule is Cc1cccc(CC(C(=O)Cl)c2ccc3c(c2)OCO3)c1. The van der Waals surface area contributed by atoms with Crippen LogP contribution in [-0.4, -0.2) is 12.0 Å². The summed E-state index contributed by atoms with van der Waals surface area (Å²) in [6.07, 6.45) is 0.573. The van der Waals surface area contributed by atoms with Crippen LogP contribution >= 0.6 is 11.6 Å². The topological polar surface area (TPSA) is 35.5 Å². The van der Waals surface area contributed by atoms with Gasteiger partial charge in [0.15, 0.2) is 11.5 Å². The summed E-state index contributed by atoms with van der Waals surface area (Å²) in [7, 11) is 0. The zero-order valence-electron chi connectivity index (χ0n) is 11.6. The van der Waals surface area contributed by atoms with Gasteiger partial charge in [0, 0.05) is 0 Å². The van der Waals surface area contributed by atoms with E-state index in [0.29, 0.717) is 17.9 Å². The molecule has 0 N–H and O–H groups in total. The highest BCUT2D eigenvalue weighted by atomic mass is 35.5. The van der Waals surface area contributed by atoms with Gasteiger partial charge in [-0.1, -0.05) is 35.9 Å². The van der Waals surface area contributed by atoms with E-state index in [-0.39, 0.29) is 18.0 Å². The van der Waals surface area contributed by atoms with Crippen LogP contribution in [0, 0.1) is 6.92 Å². The third-order valence-electron chi connectivity index (χ3n) is 3.60. The van der Waals surface area contributed by atoms with Gasteiger partial charge >= 0.3 is 0 Å². The quantitative estimate of drug-likeness (QED) is 0.806. The van der Waals surface area contributed by atoms with Gasteiger partial charge in [0.25, 0.3) is 0 Å². The predicted octanol–water partition coefficient (Wildman–Crippen LogP) is 3.82. The molecule has 1 aliphatic heterocycles. The van der Waals surface area contributed by atoms with Crippen molar-refractivity contribution in [2.24, 2.45) is 0 Å². The van der Waals surface area contributed by atoms with Gasteiger partial charge in [-0.2, -0.15) is 0 Å². The van der Waals surface area contributed by atoms with Crippen molar-refractivity contribution >= 4 is 16.8 Å². The first-order valence-corrected chi connectivity index (χ1v) is 7.16. The smallest absolute Gasteiger partial charge is 0.231 e. The Hall–Kier alpha value is -2.00. The molecule has 0 bridgehead atoms. The van der Waals surface area contributed by atoms with Crippen LogP contribution in [0.1, 0.15) is 22.6 Å². The summed E-state index contributed by atoms with van der Waals surface area (Å²) >= 11 is 5.81. The van der Waals surface area contributed by atoms with Crippen LogP contribution in [0.15, 0.2) is 42.5 Å². The van der Waals surface area contributed by atoms with E-state index < -0.39 is 0 Å². The number of ether oxygens (including phenoxy) is 2. The van der Waals surface area contributed by atoms with Crippen LogP contribution in [0.2, 0.25) is 0 Å². The first kappa shape index (κ1) is 14.0. The van der Waals surface area contributed by atoms with Gasteiger partial charge in [-0.15, -0.1) is 0 Å². The molecule has 0 saturated carbocycles. The summed E-state index contributed by atoms with van der Waals surface area (Å²) < 4.78 is 10.6. The van der Waals surface area contributed by atoms with Gasteiger partial charge in [-0.05, 0) is 48.2 Å². The zero-order valence-corrected chi connectivity index (χ0v) is 12.4. The first-order chi connectivity index (χ1) is 10.1. The minimum atomic E-state index is -0.386. The van der Waals surface area contributed by atoms with Crippen molar-refractivity contribution in [3.8, 4) is 11.5 Å². The van der Waals surface area contributed by atoms with Gasteiger partial charge in [-0.25, -0.2) is 0 Å². The molecule has 21 heavy (non-hydrogen) atoms. The summed E-state index contributed by atoms with van der Waals surface area (Å²) in [4.78, 5) is 11.8. The van der Waals surface area contributed by atoms with E-state index in [1.807, 2.05) is 43.3 Å². The number of hydrogen-bond donors (Lipinski definition) is 0. The summed E-state index contributed by atoms with van der Waals surface area (Å²) in [5.74, 6) is 0.984. The fourth-order valence-corrected chi connectivity index (χ4v) is 2.74. The Kier molecular flexibility index (Phi) is 3.84. The maximum Gasteiger partial charge on any atom is 0.231 e. The molecule has 1 heterocycles. The summed E-state index contributed by atoms with van der Waals surface area (Å²) in [5, 5.41) is -0.365. The van der Waals surface area contributed by atoms with E-state index in [2.05, 4.69) is 6.07 Å². The van der Waals surface area contributed by atoms with Crippen LogP contribution in [0.5, 0.6) is 11.5 Å². The lowest BCUT2D eigenvalue weighted by Crippen LogP contribution is -2.10. The standard InChI is InChI=1S/C17H15ClO3/c1-11-3-2-4-12(7-11)8-14(17(18)19)13-5-6-15-16(9-13)21-10-20-15/h2-7,9,14H,8,10H2,1H3. The third kappa shape index (κ3) is 3.03. The molecule has 1 atom stereocenters. The number of fused-ring (bicyclic) bond motifs is 1. The highest BCUT2D eigenvalue weighted by Crippen LogP contribution is 2.36. The monoisotopic (exact) mass is 302 g/mol. The van der Waals surface area contributed by atoms with Crippen molar-refractivity contribution < 1.29 is 14.3 Å². The molecule has 0 aromatic heterocycles. The van der Waals surface area contributed by atoms with Crippen molar-refractivity contribution in [1.29, 1.82) is 0 Å². The van der Waals surface area contributed by atoms with Gasteiger partial charge < -0.3 is 9.47 Å². The maximum atomic E-state index is 11.8. The third-order valence-corrected chi connectivity index (χ3v) is 3.86. The number of aryl methyl sites for hydroxylation is 1. The van der Waals surface area contributed by atoms with Crippen LogP contribution in [0.25, 0.3) is 0 Å². The second-order valence-corrected chi connectivity index (χ2v) is 5.54. The number of hydrogen-bond acceptors (Lipinski definition) is 3. The highest BCUT2D eigenvalue weighted by molar-refractivity contribution is 6.64. The van der Waals surface area contributed by atoms with Crippen LogP contribution in [0.3, 0.4) is 0 Å². The van der Waals surface area contributed by atoms with E-state index in [1.165, 1.54) is 5.56 Å². The molecule has 1 aliphatic rings. The highest BCUT2D eigenvalue weighted by Gasteiger charge is 2.22. The number of carbonyl (C=O) groups is 1. The molecule has 2 aromatic carbocycles. The molecule has 108 valence electrons. The average molecular weight is 303 g/mol. The number of halogens is 1. The average Bonchev–Trinajstić information content (AvgIpc) is 2.92. The molecule has 1 unspecified atom stereocenters. The fraction of sp³-hybridized carbons (Fsp3) is 0.235. The predicted molar refractivity (Wildman–Crippen MR) is 81.0 cm³/mol. The van der Waals surface area contributed by atoms with E-state index in [1.54, 1.807) is 0 Å². The Balaban J connectivity index is 1.89. The van der Waals surface area contributed by atoms with Crippen molar-refractivity contribution in [3.05, 3.63) is 59.2 Å². The lowest BCUT2D eigenvalue weighted by atomic mass is 9.92. The minimum absolute atomic E-state index is 0.218. The van der Waals surface area contributed by atoms with Gasteiger partial charge in [-0.3, -0.25) is 4.79 Å². The second kappa shape index (κ2) is 5.78. The Labute approximate surface area is 128 Å². The van der Waals surface area contributed by atoms with Gasteiger partial charge in [0.05, 0.1) is 5.92 Å². The molecule has 0 fully saturated rings. The Morgan fingerprint density at radius 2 is 2.00 bits per heavy atom. The van der Waals surface area contributed by atoms with Crippen LogP contribution < -0.4 is 9.47 Å². The normalized spacial score (nSPS) is 14.0. The molecule has 0 spiro atoms. The largest absolute Gasteiger partial charge is 0.454 e. The van der Waals surface area contributed by atoms with Crippen LogP contribution in [0.4, 0.5) is 0 Å². The number of benzene rings is 2. The van der Waals surface area contributed by atoms with E-state index in [0.717, 1.165) is 11.1 Å². The molecule has 0 aliphatic carbocycles. The molecule has 4 heteroatoms. The summed E-state index contributed by atoms with van der Waals surface area (Å²) in [6.45, 7) is 2.25. The van der Waals surface area contributed by atoms with Gasteiger partial charge in [0.1, 0.15) is 0 Å². The summed E-state index contributed by atoms with van der Waals surface area (Å²) in [5.41, 5.74) is 3.10. The minimum Gasteiger partial charge on any atom is -0.454 e. The Bertz CT molecular complexity index is 681. The molecule has 3 rings (SSSR count). The molecule has 0 amide bonds. The van der Waals surface area contributed by atoms with Crippen molar-refractivity contribution in [3.63, 3.8) is 0 Å². The summed E-state index contributed by atoms with van der Waals surface area (Å²) in [6, 6.07) is 13.6. The molecule has 0 radical (unpaired) electrons. The van der Waals surface area contributed by atoms with Crippen molar-refractivity contribution in [2.45, 2.75) is 19.3 Å². The van der Waals surface area contributed by atoms with E-state index in [9.17, 15) is 4.79 Å². The lowest BCUT2D eigenvalue weighted by molar-refractivity contribution is -0.113. The Morgan fingerprint density at radius 3 is 2.76 bits per heavy atom. The fourth-order valence-electron chi connectivity index (χ4n) is 2.53. The second-order valence-electron chi connectivity index (χ2n) is 5.16. The first-order valence-electron chi connectivity index (χ1n) is 6.78. The maximum absolute atomic E-state index is 11.8. The van der Waals surface area contributed by atoms with Crippen LogP contribution in [-0.2, 0) is 11.2 Å². The van der Waals surface area contributed by atoms with Crippen molar-refractivity contribution in [2.75, 3.05) is 6.79 Å². The molecule has 0 saturated heterocycles. The number of rotatable bonds is 4. The molecule has 2 aromatic rings. The zero-order chi connectivity index (χ0) is 14.8. The van der Waals surface area contributed by atoms with E-state index in [4.69, 9.17) is 21.1 Å². The molecule has 3 nitrogen and oxygen atoms in total. The van der Waals surface area contributed by atoms with E-state index >= 15 is 0 Å². The van der Waals surface area contributed by atoms with Crippen molar-refractivity contribution in [1.82, 2.24) is 0 Å². The number of carbonyl (C=O) groups excluding carboxylic acids is 1. The molecular weight excluding hydrogens is 288 g/mol.